The summed E-state index contributed by atoms with van der Waals surface area (Å²) in [4.78, 5) is 23.9. The molecular weight excluding hydrogens is 422 g/mol. The van der Waals surface area contributed by atoms with Gasteiger partial charge in [-0.25, -0.2) is 8.42 Å². The molecule has 1 N–H and O–H groups in total. The minimum Gasteiger partial charge on any atom is -0.497 e. The van der Waals surface area contributed by atoms with Gasteiger partial charge in [0.15, 0.2) is 0 Å². The quantitative estimate of drug-likeness (QED) is 0.606. The molecule has 0 aliphatic carbocycles. The first-order chi connectivity index (χ1) is 13.6. The zero-order valence-corrected chi connectivity index (χ0v) is 17.6. The maximum Gasteiger partial charge on any atom is 0.316 e. The van der Waals surface area contributed by atoms with E-state index in [-0.39, 0.29) is 21.4 Å². The molecule has 0 aliphatic rings. The van der Waals surface area contributed by atoms with Crippen molar-refractivity contribution in [3.63, 3.8) is 0 Å². The largest absolute Gasteiger partial charge is 0.497 e. The third-order valence-corrected chi connectivity index (χ3v) is 6.18. The highest BCUT2D eigenvalue weighted by Gasteiger charge is 2.23. The topological polar surface area (TPSA) is 109 Å². The normalized spacial score (nSPS) is 11.5. The molecule has 0 saturated carbocycles. The molecular formula is C18H18ClN3O6S. The van der Waals surface area contributed by atoms with Crippen molar-refractivity contribution in [2.75, 3.05) is 18.9 Å². The van der Waals surface area contributed by atoms with E-state index in [0.717, 1.165) is 9.13 Å². The zero-order valence-electron chi connectivity index (χ0n) is 16.0. The van der Waals surface area contributed by atoms with Gasteiger partial charge in [0.2, 0.25) is 0 Å². The van der Waals surface area contributed by atoms with Crippen LogP contribution in [-0.4, -0.2) is 31.8 Å². The van der Waals surface area contributed by atoms with Gasteiger partial charge in [0.05, 0.1) is 36.0 Å². The number of aryl methyl sites for hydroxylation is 2. The first kappa shape index (κ1) is 20.7. The molecule has 0 amide bonds. The number of benzene rings is 2. The molecule has 0 radical (unpaired) electrons. The third-order valence-electron chi connectivity index (χ3n) is 4.48. The number of nitrogens with one attached hydrogen (secondary N) is 1. The lowest BCUT2D eigenvalue weighted by Crippen LogP contribution is -2.39. The van der Waals surface area contributed by atoms with Gasteiger partial charge in [-0.2, -0.15) is 0 Å². The SMILES string of the molecule is COc1ccc(OC)c(S(=O)(=O)Nc2cc3c(cc2Cl)n(C)c(=O)c(=O)n3C)c1. The zero-order chi connectivity index (χ0) is 21.5. The Labute approximate surface area is 171 Å². The molecule has 0 unspecified atom stereocenters. The fourth-order valence-corrected chi connectivity index (χ4v) is 4.38. The Balaban J connectivity index is 2.19. The Morgan fingerprint density at radius 1 is 0.931 bits per heavy atom. The molecule has 3 rings (SSSR count). The molecule has 11 heteroatoms. The molecule has 0 spiro atoms. The van der Waals surface area contributed by atoms with Crippen LogP contribution in [0.5, 0.6) is 11.5 Å². The Morgan fingerprint density at radius 3 is 2.07 bits per heavy atom. The van der Waals surface area contributed by atoms with Crippen molar-refractivity contribution in [1.29, 1.82) is 0 Å². The number of ether oxygens (including phenoxy) is 2. The van der Waals surface area contributed by atoms with Crippen LogP contribution in [0.15, 0.2) is 44.8 Å². The molecule has 1 heterocycles. The maximum absolute atomic E-state index is 13.0. The first-order valence-corrected chi connectivity index (χ1v) is 10.1. The second kappa shape index (κ2) is 7.45. The maximum atomic E-state index is 13.0. The van der Waals surface area contributed by atoms with E-state index in [9.17, 15) is 18.0 Å². The number of halogens is 1. The fourth-order valence-electron chi connectivity index (χ4n) is 2.87. The van der Waals surface area contributed by atoms with E-state index in [1.54, 1.807) is 6.07 Å². The van der Waals surface area contributed by atoms with E-state index in [1.807, 2.05) is 0 Å². The lowest BCUT2D eigenvalue weighted by molar-refractivity contribution is 0.392. The van der Waals surface area contributed by atoms with E-state index in [4.69, 9.17) is 21.1 Å². The van der Waals surface area contributed by atoms with Crippen LogP contribution < -0.4 is 25.3 Å². The summed E-state index contributed by atoms with van der Waals surface area (Å²) < 4.78 is 40.9. The second-order valence-corrected chi connectivity index (χ2v) is 8.23. The van der Waals surface area contributed by atoms with Gasteiger partial charge in [0, 0.05) is 20.2 Å². The number of nitrogens with zero attached hydrogens (tertiary/aromatic N) is 2. The predicted molar refractivity (Wildman–Crippen MR) is 110 cm³/mol. The van der Waals surface area contributed by atoms with Crippen LogP contribution in [0.1, 0.15) is 0 Å². The minimum atomic E-state index is -4.12. The smallest absolute Gasteiger partial charge is 0.316 e. The van der Waals surface area contributed by atoms with Crippen LogP contribution in [0, 0.1) is 0 Å². The number of fused-ring (bicyclic) bond motifs is 1. The van der Waals surface area contributed by atoms with E-state index < -0.39 is 21.1 Å². The summed E-state index contributed by atoms with van der Waals surface area (Å²) in [5, 5.41) is 0.0524. The van der Waals surface area contributed by atoms with E-state index in [0.29, 0.717) is 16.8 Å². The van der Waals surface area contributed by atoms with Crippen LogP contribution >= 0.6 is 11.6 Å². The number of aromatic nitrogens is 2. The van der Waals surface area contributed by atoms with E-state index >= 15 is 0 Å². The van der Waals surface area contributed by atoms with Crippen molar-refractivity contribution < 1.29 is 17.9 Å². The molecule has 0 fully saturated rings. The summed E-state index contributed by atoms with van der Waals surface area (Å²) in [5.41, 5.74) is -0.713. The number of sulfonamides is 1. The van der Waals surface area contributed by atoms with Gasteiger partial charge >= 0.3 is 11.1 Å². The monoisotopic (exact) mass is 439 g/mol. The summed E-state index contributed by atoms with van der Waals surface area (Å²) in [7, 11) is 1.50. The van der Waals surface area contributed by atoms with Gasteiger partial charge < -0.3 is 18.6 Å². The van der Waals surface area contributed by atoms with Crippen molar-refractivity contribution in [2.45, 2.75) is 4.90 Å². The average Bonchev–Trinajstić information content (AvgIpc) is 2.71. The Kier molecular flexibility index (Phi) is 5.33. The van der Waals surface area contributed by atoms with Crippen LogP contribution in [0.2, 0.25) is 5.02 Å². The number of rotatable bonds is 5. The average molecular weight is 440 g/mol. The van der Waals surface area contributed by atoms with Crippen LogP contribution in [0.3, 0.4) is 0 Å². The molecule has 2 aromatic carbocycles. The van der Waals surface area contributed by atoms with Gasteiger partial charge in [0.1, 0.15) is 16.4 Å². The van der Waals surface area contributed by atoms with Gasteiger partial charge in [0.25, 0.3) is 10.0 Å². The van der Waals surface area contributed by atoms with Crippen molar-refractivity contribution in [3.05, 3.63) is 56.1 Å². The standard InChI is InChI=1S/C18H18ClN3O6S/c1-21-13-8-11(19)12(9-14(13)22(2)18(24)17(21)23)20-29(25,26)16-7-10(27-3)5-6-15(16)28-4/h5-9,20H,1-4H3. The molecule has 9 nitrogen and oxygen atoms in total. The Hall–Kier alpha value is -2.98. The van der Waals surface area contributed by atoms with Crippen molar-refractivity contribution >= 4 is 38.3 Å². The van der Waals surface area contributed by atoms with Crippen molar-refractivity contribution in [3.8, 4) is 11.5 Å². The van der Waals surface area contributed by atoms with Gasteiger partial charge in [-0.3, -0.25) is 14.3 Å². The summed E-state index contributed by atoms with van der Waals surface area (Å²) in [6.07, 6.45) is 0. The summed E-state index contributed by atoms with van der Waals surface area (Å²) in [6, 6.07) is 7.16. The highest BCUT2D eigenvalue weighted by molar-refractivity contribution is 7.92. The number of methoxy groups -OCH3 is 2. The summed E-state index contributed by atoms with van der Waals surface area (Å²) >= 11 is 6.26. The molecule has 0 atom stereocenters. The minimum absolute atomic E-state index is 0.0395. The highest BCUT2D eigenvalue weighted by Crippen LogP contribution is 2.33. The Morgan fingerprint density at radius 2 is 1.52 bits per heavy atom. The molecule has 0 saturated heterocycles. The molecule has 154 valence electrons. The van der Waals surface area contributed by atoms with Crippen LogP contribution in [0.25, 0.3) is 11.0 Å². The van der Waals surface area contributed by atoms with Gasteiger partial charge in [-0.1, -0.05) is 11.6 Å². The van der Waals surface area contributed by atoms with E-state index in [1.165, 1.54) is 52.6 Å². The van der Waals surface area contributed by atoms with Gasteiger partial charge in [-0.05, 0) is 24.3 Å². The van der Waals surface area contributed by atoms with E-state index in [2.05, 4.69) is 4.72 Å². The molecule has 0 aliphatic heterocycles. The number of hydrogen-bond donors (Lipinski definition) is 1. The fraction of sp³-hybridized carbons (Fsp3) is 0.222. The van der Waals surface area contributed by atoms with Crippen molar-refractivity contribution in [1.82, 2.24) is 9.13 Å². The molecule has 29 heavy (non-hydrogen) atoms. The lowest BCUT2D eigenvalue weighted by Gasteiger charge is -2.15. The van der Waals surface area contributed by atoms with Crippen LogP contribution in [0.4, 0.5) is 5.69 Å². The number of hydrogen-bond acceptors (Lipinski definition) is 6. The van der Waals surface area contributed by atoms with Crippen LogP contribution in [-0.2, 0) is 24.1 Å². The van der Waals surface area contributed by atoms with Crippen molar-refractivity contribution in [2.24, 2.45) is 14.1 Å². The third kappa shape index (κ3) is 3.56. The Bertz CT molecular complexity index is 1340. The number of anilines is 1. The predicted octanol–water partition coefficient (Wildman–Crippen LogP) is 1.71. The second-order valence-electron chi connectivity index (χ2n) is 6.17. The molecule has 0 bridgehead atoms. The first-order valence-electron chi connectivity index (χ1n) is 8.25. The van der Waals surface area contributed by atoms with Gasteiger partial charge in [-0.15, -0.1) is 0 Å². The summed E-state index contributed by atoms with van der Waals surface area (Å²) in [6.45, 7) is 0. The molecule has 1 aromatic heterocycles. The lowest BCUT2D eigenvalue weighted by atomic mass is 10.2. The summed E-state index contributed by atoms with van der Waals surface area (Å²) in [5.74, 6) is 0.443. The molecule has 3 aromatic rings. The highest BCUT2D eigenvalue weighted by atomic mass is 35.5.